The fourth-order valence-corrected chi connectivity index (χ4v) is 1.90. The maximum absolute atomic E-state index is 10.8. The van der Waals surface area contributed by atoms with Crippen LogP contribution >= 0.6 is 11.6 Å². The predicted octanol–water partition coefficient (Wildman–Crippen LogP) is 3.18. The number of phenolic OH excluding ortho intramolecular Hbond substituents is 1. The number of halogens is 1. The number of benzene rings is 2. The molecule has 7 heteroatoms. The topological polar surface area (TPSA) is 96.0 Å². The van der Waals surface area contributed by atoms with Gasteiger partial charge in [-0.15, -0.1) is 0 Å². The number of nitrogens with zero attached hydrogens (tertiary/aromatic N) is 2. The van der Waals surface area contributed by atoms with Crippen LogP contribution in [0.25, 0.3) is 0 Å². The second-order valence-corrected chi connectivity index (χ2v) is 4.35. The second kappa shape index (κ2) is 5.58. The van der Waals surface area contributed by atoms with Gasteiger partial charge in [0.1, 0.15) is 11.5 Å². The molecule has 0 aliphatic heterocycles. The summed E-state index contributed by atoms with van der Waals surface area (Å²) in [5.41, 5.74) is 0.318. The zero-order valence-corrected chi connectivity index (χ0v) is 10.8. The van der Waals surface area contributed by atoms with E-state index in [0.717, 1.165) is 0 Å². The summed E-state index contributed by atoms with van der Waals surface area (Å²) in [6, 6.07) is 9.78. The van der Waals surface area contributed by atoms with E-state index >= 15 is 0 Å². The molecule has 102 valence electrons. The van der Waals surface area contributed by atoms with Gasteiger partial charge >= 0.3 is 0 Å². The highest BCUT2D eigenvalue weighted by Gasteiger charge is 2.16. The van der Waals surface area contributed by atoms with Gasteiger partial charge in [-0.1, -0.05) is 28.9 Å². The SMILES string of the molecule is O=[N+]([O-])c1cccc(/C(=N/O)c2cc(Cl)ccc2O)c1. The third-order valence-corrected chi connectivity index (χ3v) is 2.88. The molecule has 0 fully saturated rings. The molecule has 0 saturated carbocycles. The summed E-state index contributed by atoms with van der Waals surface area (Å²) in [6.07, 6.45) is 0. The average Bonchev–Trinajstić information content (AvgIpc) is 2.44. The molecule has 0 radical (unpaired) electrons. The van der Waals surface area contributed by atoms with Crippen molar-refractivity contribution in [1.82, 2.24) is 0 Å². The highest BCUT2D eigenvalue weighted by Crippen LogP contribution is 2.26. The summed E-state index contributed by atoms with van der Waals surface area (Å²) < 4.78 is 0. The quantitative estimate of drug-likeness (QED) is 0.393. The number of phenols is 1. The fourth-order valence-electron chi connectivity index (χ4n) is 1.73. The van der Waals surface area contributed by atoms with Crippen molar-refractivity contribution in [3.05, 3.63) is 68.7 Å². The molecule has 2 N–H and O–H groups in total. The van der Waals surface area contributed by atoms with Gasteiger partial charge in [-0.2, -0.15) is 0 Å². The van der Waals surface area contributed by atoms with Crippen LogP contribution in [-0.4, -0.2) is 20.9 Å². The highest BCUT2D eigenvalue weighted by atomic mass is 35.5. The highest BCUT2D eigenvalue weighted by molar-refractivity contribution is 6.31. The second-order valence-electron chi connectivity index (χ2n) is 3.92. The summed E-state index contributed by atoms with van der Waals surface area (Å²) in [6.45, 7) is 0. The Labute approximate surface area is 118 Å². The molecule has 20 heavy (non-hydrogen) atoms. The maximum atomic E-state index is 10.8. The molecule has 2 rings (SSSR count). The number of nitro groups is 1. The molecule has 0 atom stereocenters. The molecular formula is C13H9ClN2O4. The number of rotatable bonds is 3. The molecule has 2 aromatic carbocycles. The van der Waals surface area contributed by atoms with Crippen molar-refractivity contribution in [1.29, 1.82) is 0 Å². The minimum absolute atomic E-state index is 0.00583. The van der Waals surface area contributed by atoms with Crippen molar-refractivity contribution in [3.8, 4) is 5.75 Å². The van der Waals surface area contributed by atoms with Crippen molar-refractivity contribution in [2.45, 2.75) is 0 Å². The summed E-state index contributed by atoms with van der Waals surface area (Å²) in [7, 11) is 0. The Morgan fingerprint density at radius 1 is 1.25 bits per heavy atom. The number of non-ortho nitro benzene ring substituents is 1. The first kappa shape index (κ1) is 13.8. The van der Waals surface area contributed by atoms with Gasteiger partial charge in [-0.3, -0.25) is 10.1 Å². The smallest absolute Gasteiger partial charge is 0.270 e. The normalized spacial score (nSPS) is 11.3. The Morgan fingerprint density at radius 2 is 2.00 bits per heavy atom. The van der Waals surface area contributed by atoms with E-state index in [1.165, 1.54) is 42.5 Å². The van der Waals surface area contributed by atoms with Crippen molar-refractivity contribution in [3.63, 3.8) is 0 Å². The molecule has 0 unspecified atom stereocenters. The van der Waals surface area contributed by atoms with Crippen molar-refractivity contribution in [2.75, 3.05) is 0 Å². The van der Waals surface area contributed by atoms with Gasteiger partial charge < -0.3 is 10.3 Å². The van der Waals surface area contributed by atoms with E-state index in [1.807, 2.05) is 0 Å². The van der Waals surface area contributed by atoms with E-state index in [2.05, 4.69) is 5.16 Å². The molecule has 0 aromatic heterocycles. The summed E-state index contributed by atoms with van der Waals surface area (Å²) in [4.78, 5) is 10.2. The van der Waals surface area contributed by atoms with Crippen molar-refractivity contribution >= 4 is 23.0 Å². The third-order valence-electron chi connectivity index (χ3n) is 2.64. The monoisotopic (exact) mass is 292 g/mol. The lowest BCUT2D eigenvalue weighted by atomic mass is 10.0. The van der Waals surface area contributed by atoms with E-state index in [0.29, 0.717) is 10.6 Å². The van der Waals surface area contributed by atoms with Crippen LogP contribution in [0, 0.1) is 10.1 Å². The fraction of sp³-hybridized carbons (Fsp3) is 0. The van der Waals surface area contributed by atoms with Crippen LogP contribution in [0.3, 0.4) is 0 Å². The van der Waals surface area contributed by atoms with Gasteiger partial charge in [0, 0.05) is 28.3 Å². The standard InChI is InChI=1S/C13H9ClN2O4/c14-9-4-5-12(17)11(7-9)13(15-18)8-2-1-3-10(6-8)16(19)20/h1-7,17-18H/b15-13-. The first-order valence-electron chi connectivity index (χ1n) is 5.48. The lowest BCUT2D eigenvalue weighted by Crippen LogP contribution is -2.04. The van der Waals surface area contributed by atoms with Crippen LogP contribution in [-0.2, 0) is 0 Å². The van der Waals surface area contributed by atoms with E-state index in [-0.39, 0.29) is 22.7 Å². The minimum atomic E-state index is -0.559. The molecule has 0 heterocycles. The molecule has 6 nitrogen and oxygen atoms in total. The molecule has 0 amide bonds. The number of oxime groups is 1. The van der Waals surface area contributed by atoms with Crippen LogP contribution in [0.2, 0.25) is 5.02 Å². The average molecular weight is 293 g/mol. The molecule has 2 aromatic rings. The van der Waals surface area contributed by atoms with Crippen LogP contribution in [0.15, 0.2) is 47.6 Å². The number of hydrogen-bond acceptors (Lipinski definition) is 5. The predicted molar refractivity (Wildman–Crippen MR) is 73.6 cm³/mol. The van der Waals surface area contributed by atoms with E-state index < -0.39 is 4.92 Å². The van der Waals surface area contributed by atoms with Crippen LogP contribution in [0.4, 0.5) is 5.69 Å². The van der Waals surface area contributed by atoms with Crippen molar-refractivity contribution in [2.24, 2.45) is 5.16 Å². The number of aromatic hydroxyl groups is 1. The van der Waals surface area contributed by atoms with Gasteiger partial charge in [0.2, 0.25) is 0 Å². The Kier molecular flexibility index (Phi) is 3.86. The lowest BCUT2D eigenvalue weighted by Gasteiger charge is -2.07. The first-order chi connectivity index (χ1) is 9.52. The van der Waals surface area contributed by atoms with Crippen LogP contribution in [0.1, 0.15) is 11.1 Å². The molecule has 0 saturated heterocycles. The van der Waals surface area contributed by atoms with Gasteiger partial charge in [-0.25, -0.2) is 0 Å². The maximum Gasteiger partial charge on any atom is 0.270 e. The minimum Gasteiger partial charge on any atom is -0.507 e. The van der Waals surface area contributed by atoms with Gasteiger partial charge in [0.05, 0.1) is 4.92 Å². The molecule has 0 bridgehead atoms. The Balaban J connectivity index is 2.56. The van der Waals surface area contributed by atoms with E-state index in [4.69, 9.17) is 16.8 Å². The first-order valence-corrected chi connectivity index (χ1v) is 5.86. The summed E-state index contributed by atoms with van der Waals surface area (Å²) >= 11 is 5.83. The Morgan fingerprint density at radius 3 is 2.65 bits per heavy atom. The zero-order valence-electron chi connectivity index (χ0n) is 10.0. The Bertz CT molecular complexity index is 701. The van der Waals surface area contributed by atoms with E-state index in [9.17, 15) is 15.2 Å². The largest absolute Gasteiger partial charge is 0.507 e. The lowest BCUT2D eigenvalue weighted by molar-refractivity contribution is -0.384. The summed E-state index contributed by atoms with van der Waals surface area (Å²) in [5.74, 6) is -0.145. The number of nitro benzene ring substituents is 1. The Hall–Kier alpha value is -2.60. The molecule has 0 aliphatic carbocycles. The number of hydrogen-bond donors (Lipinski definition) is 2. The van der Waals surface area contributed by atoms with Crippen LogP contribution in [0.5, 0.6) is 5.75 Å². The molecular weight excluding hydrogens is 284 g/mol. The van der Waals surface area contributed by atoms with Gasteiger partial charge in [0.15, 0.2) is 0 Å². The molecule has 0 spiro atoms. The van der Waals surface area contributed by atoms with Gasteiger partial charge in [-0.05, 0) is 18.2 Å². The molecule has 0 aliphatic rings. The van der Waals surface area contributed by atoms with E-state index in [1.54, 1.807) is 0 Å². The van der Waals surface area contributed by atoms with Crippen molar-refractivity contribution < 1.29 is 15.2 Å². The third kappa shape index (κ3) is 2.70. The summed E-state index contributed by atoms with van der Waals surface area (Å²) in [5, 5.41) is 33.1. The van der Waals surface area contributed by atoms with Crippen LogP contribution < -0.4 is 0 Å². The van der Waals surface area contributed by atoms with Gasteiger partial charge in [0.25, 0.3) is 5.69 Å². The zero-order chi connectivity index (χ0) is 14.7.